The van der Waals surface area contributed by atoms with Gasteiger partial charge in [0.1, 0.15) is 5.82 Å². The van der Waals surface area contributed by atoms with Crippen LogP contribution in [0.3, 0.4) is 0 Å². The van der Waals surface area contributed by atoms with Crippen LogP contribution in [0.4, 0.5) is 17.6 Å². The SMILES string of the molecule is NC(=O)C1(c2ccc(C(F)(F)F)cc2F)CC1. The van der Waals surface area contributed by atoms with Crippen molar-refractivity contribution in [1.82, 2.24) is 0 Å². The van der Waals surface area contributed by atoms with E-state index in [4.69, 9.17) is 5.73 Å². The van der Waals surface area contributed by atoms with Crippen LogP contribution in [0.2, 0.25) is 0 Å². The Hall–Kier alpha value is -1.59. The Morgan fingerprint density at radius 1 is 1.29 bits per heavy atom. The van der Waals surface area contributed by atoms with Crippen LogP contribution in [-0.4, -0.2) is 5.91 Å². The van der Waals surface area contributed by atoms with Crippen molar-refractivity contribution in [3.63, 3.8) is 0 Å². The summed E-state index contributed by atoms with van der Waals surface area (Å²) in [5, 5.41) is 0. The molecule has 1 aromatic rings. The third-order valence-corrected chi connectivity index (χ3v) is 3.03. The summed E-state index contributed by atoms with van der Waals surface area (Å²) in [5.74, 6) is -1.73. The van der Waals surface area contributed by atoms with Crippen molar-refractivity contribution in [2.45, 2.75) is 24.4 Å². The maximum Gasteiger partial charge on any atom is 0.416 e. The molecule has 0 radical (unpaired) electrons. The molecule has 0 saturated heterocycles. The molecule has 2 nitrogen and oxygen atoms in total. The van der Waals surface area contributed by atoms with E-state index in [2.05, 4.69) is 0 Å². The molecule has 0 unspecified atom stereocenters. The van der Waals surface area contributed by atoms with Crippen molar-refractivity contribution in [2.75, 3.05) is 0 Å². The summed E-state index contributed by atoms with van der Waals surface area (Å²) in [4.78, 5) is 11.2. The van der Waals surface area contributed by atoms with Crippen LogP contribution in [0.5, 0.6) is 0 Å². The van der Waals surface area contributed by atoms with Crippen LogP contribution >= 0.6 is 0 Å². The topological polar surface area (TPSA) is 43.1 Å². The number of halogens is 4. The summed E-state index contributed by atoms with van der Waals surface area (Å²) in [5.41, 5.74) is 2.91. The quantitative estimate of drug-likeness (QED) is 0.801. The van der Waals surface area contributed by atoms with Gasteiger partial charge in [-0.15, -0.1) is 0 Å². The number of nitrogens with two attached hydrogens (primary N) is 1. The van der Waals surface area contributed by atoms with Crippen LogP contribution in [0, 0.1) is 5.82 Å². The first-order valence-corrected chi connectivity index (χ1v) is 4.94. The second kappa shape index (κ2) is 3.45. The van der Waals surface area contributed by atoms with Gasteiger partial charge >= 0.3 is 6.18 Å². The van der Waals surface area contributed by atoms with Crippen LogP contribution in [0.25, 0.3) is 0 Å². The molecule has 2 rings (SSSR count). The summed E-state index contributed by atoms with van der Waals surface area (Å²) in [7, 11) is 0. The Morgan fingerprint density at radius 2 is 1.88 bits per heavy atom. The van der Waals surface area contributed by atoms with Gasteiger partial charge in [0.05, 0.1) is 11.0 Å². The molecule has 0 spiro atoms. The van der Waals surface area contributed by atoms with Gasteiger partial charge < -0.3 is 5.73 Å². The van der Waals surface area contributed by atoms with Crippen LogP contribution < -0.4 is 5.73 Å². The Balaban J connectivity index is 2.43. The molecule has 0 atom stereocenters. The number of amides is 1. The number of hydrogen-bond donors (Lipinski definition) is 1. The summed E-state index contributed by atoms with van der Waals surface area (Å²) in [6.07, 6.45) is -3.84. The Labute approximate surface area is 94.4 Å². The molecule has 17 heavy (non-hydrogen) atoms. The fourth-order valence-electron chi connectivity index (χ4n) is 1.85. The van der Waals surface area contributed by atoms with E-state index < -0.39 is 28.9 Å². The number of alkyl halides is 3. The van der Waals surface area contributed by atoms with Gasteiger partial charge in [-0.2, -0.15) is 13.2 Å². The number of primary amides is 1. The number of rotatable bonds is 2. The fraction of sp³-hybridized carbons (Fsp3) is 0.364. The minimum Gasteiger partial charge on any atom is -0.369 e. The number of carbonyl (C=O) groups is 1. The first-order chi connectivity index (χ1) is 7.77. The standard InChI is InChI=1S/C11H9F4NO/c12-8-5-6(11(13,14)15)1-2-7(8)10(3-4-10)9(16)17/h1-2,5H,3-4H2,(H2,16,17). The van der Waals surface area contributed by atoms with Gasteiger partial charge in [-0.1, -0.05) is 6.07 Å². The second-order valence-corrected chi connectivity index (χ2v) is 4.14. The van der Waals surface area contributed by atoms with E-state index in [0.717, 1.165) is 12.1 Å². The highest BCUT2D eigenvalue weighted by Gasteiger charge is 2.51. The van der Waals surface area contributed by atoms with Gasteiger partial charge in [0.2, 0.25) is 5.91 Å². The van der Waals surface area contributed by atoms with E-state index in [1.807, 2.05) is 0 Å². The van der Waals surface area contributed by atoms with Crippen molar-refractivity contribution < 1.29 is 22.4 Å². The lowest BCUT2D eigenvalue weighted by Crippen LogP contribution is -2.29. The van der Waals surface area contributed by atoms with Gasteiger partial charge in [-0.05, 0) is 25.0 Å². The van der Waals surface area contributed by atoms with Gasteiger partial charge in [-0.3, -0.25) is 4.79 Å². The van der Waals surface area contributed by atoms with E-state index in [1.165, 1.54) is 0 Å². The smallest absolute Gasteiger partial charge is 0.369 e. The summed E-state index contributed by atoms with van der Waals surface area (Å²) < 4.78 is 50.5. The predicted molar refractivity (Wildman–Crippen MR) is 51.5 cm³/mol. The largest absolute Gasteiger partial charge is 0.416 e. The van der Waals surface area contributed by atoms with Crippen LogP contribution in [0.15, 0.2) is 18.2 Å². The third kappa shape index (κ3) is 1.87. The number of hydrogen-bond acceptors (Lipinski definition) is 1. The van der Waals surface area contributed by atoms with Gasteiger partial charge in [-0.25, -0.2) is 4.39 Å². The molecule has 2 N–H and O–H groups in total. The van der Waals surface area contributed by atoms with E-state index >= 15 is 0 Å². The van der Waals surface area contributed by atoms with Crippen molar-refractivity contribution in [1.29, 1.82) is 0 Å². The molecule has 92 valence electrons. The number of benzene rings is 1. The van der Waals surface area contributed by atoms with Crippen molar-refractivity contribution in [3.05, 3.63) is 35.1 Å². The minimum atomic E-state index is -4.59. The first-order valence-electron chi connectivity index (χ1n) is 4.94. The molecule has 1 fully saturated rings. The van der Waals surface area contributed by atoms with Gasteiger partial charge in [0.25, 0.3) is 0 Å². The molecule has 1 aliphatic carbocycles. The molecule has 1 aliphatic rings. The van der Waals surface area contributed by atoms with E-state index in [-0.39, 0.29) is 5.56 Å². The monoisotopic (exact) mass is 247 g/mol. The summed E-state index contributed by atoms with van der Waals surface area (Å²) in [6, 6.07) is 2.16. The molecule has 0 bridgehead atoms. The molecular weight excluding hydrogens is 238 g/mol. The van der Waals surface area contributed by atoms with Crippen molar-refractivity contribution in [3.8, 4) is 0 Å². The van der Waals surface area contributed by atoms with Crippen molar-refractivity contribution in [2.24, 2.45) is 5.73 Å². The molecule has 1 saturated carbocycles. The molecule has 6 heteroatoms. The first kappa shape index (κ1) is 11.9. The Morgan fingerprint density at radius 3 is 2.24 bits per heavy atom. The fourth-order valence-corrected chi connectivity index (χ4v) is 1.85. The average molecular weight is 247 g/mol. The molecular formula is C11H9F4NO. The summed E-state index contributed by atoms with van der Waals surface area (Å²) in [6.45, 7) is 0. The zero-order chi connectivity index (χ0) is 12.8. The molecule has 0 aromatic heterocycles. The maximum atomic E-state index is 13.6. The molecule has 1 aromatic carbocycles. The Bertz CT molecular complexity index is 477. The molecule has 0 heterocycles. The predicted octanol–water partition coefficient (Wildman–Crippen LogP) is 2.36. The van der Waals surface area contributed by atoms with Gasteiger partial charge in [0, 0.05) is 5.56 Å². The van der Waals surface area contributed by atoms with E-state index in [0.29, 0.717) is 18.9 Å². The van der Waals surface area contributed by atoms with Crippen LogP contribution in [-0.2, 0) is 16.4 Å². The lowest BCUT2D eigenvalue weighted by molar-refractivity contribution is -0.137. The minimum absolute atomic E-state index is 0.0435. The highest BCUT2D eigenvalue weighted by Crippen LogP contribution is 2.49. The van der Waals surface area contributed by atoms with Crippen LogP contribution in [0.1, 0.15) is 24.0 Å². The molecule has 0 aliphatic heterocycles. The lowest BCUT2D eigenvalue weighted by Gasteiger charge is -2.14. The highest BCUT2D eigenvalue weighted by molar-refractivity contribution is 5.89. The Kier molecular flexibility index (Phi) is 2.41. The number of carbonyl (C=O) groups excluding carboxylic acids is 1. The zero-order valence-corrected chi connectivity index (χ0v) is 8.64. The van der Waals surface area contributed by atoms with E-state index in [1.54, 1.807) is 0 Å². The molecule has 1 amide bonds. The highest BCUT2D eigenvalue weighted by atomic mass is 19.4. The zero-order valence-electron chi connectivity index (χ0n) is 8.64. The third-order valence-electron chi connectivity index (χ3n) is 3.03. The lowest BCUT2D eigenvalue weighted by atomic mass is 9.93. The van der Waals surface area contributed by atoms with E-state index in [9.17, 15) is 22.4 Å². The normalized spacial score (nSPS) is 17.9. The second-order valence-electron chi connectivity index (χ2n) is 4.14. The maximum absolute atomic E-state index is 13.6. The van der Waals surface area contributed by atoms with Gasteiger partial charge in [0.15, 0.2) is 0 Å². The van der Waals surface area contributed by atoms with Crippen molar-refractivity contribution >= 4 is 5.91 Å². The summed E-state index contributed by atoms with van der Waals surface area (Å²) >= 11 is 0. The average Bonchev–Trinajstić information content (AvgIpc) is 2.96.